The van der Waals surface area contributed by atoms with Crippen molar-refractivity contribution in [3.05, 3.63) is 59.1 Å². The average molecular weight is 278 g/mol. The van der Waals surface area contributed by atoms with Crippen molar-refractivity contribution >= 4 is 23.4 Å². The van der Waals surface area contributed by atoms with Gasteiger partial charge < -0.3 is 5.73 Å². The molecule has 0 saturated carbocycles. The van der Waals surface area contributed by atoms with Crippen molar-refractivity contribution in [1.29, 1.82) is 0 Å². The van der Waals surface area contributed by atoms with Gasteiger partial charge in [-0.3, -0.25) is 0 Å². The molecule has 0 saturated heterocycles. The molecular formula is C15H16ClNS. The Hall–Kier alpha value is -0.960. The zero-order chi connectivity index (χ0) is 13.0. The fourth-order valence-corrected chi connectivity index (χ4v) is 2.60. The fraction of sp³-hybridized carbons (Fsp3) is 0.200. The lowest BCUT2D eigenvalue weighted by molar-refractivity contribution is 0.698. The second-order valence-electron chi connectivity index (χ2n) is 4.14. The van der Waals surface area contributed by atoms with Crippen molar-refractivity contribution in [1.82, 2.24) is 0 Å². The predicted octanol–water partition coefficient (Wildman–Crippen LogP) is 4.90. The summed E-state index contributed by atoms with van der Waals surface area (Å²) in [6.07, 6.45) is 0.962. The summed E-state index contributed by atoms with van der Waals surface area (Å²) >= 11 is 7.59. The van der Waals surface area contributed by atoms with Crippen LogP contribution in [0.15, 0.2) is 58.3 Å². The summed E-state index contributed by atoms with van der Waals surface area (Å²) < 4.78 is 0. The van der Waals surface area contributed by atoms with Gasteiger partial charge in [-0.1, -0.05) is 42.4 Å². The molecule has 0 spiro atoms. The van der Waals surface area contributed by atoms with Gasteiger partial charge in [-0.25, -0.2) is 0 Å². The van der Waals surface area contributed by atoms with E-state index in [1.54, 1.807) is 11.8 Å². The molecule has 94 valence electrons. The highest BCUT2D eigenvalue weighted by molar-refractivity contribution is 7.99. The molecule has 0 aliphatic carbocycles. The van der Waals surface area contributed by atoms with E-state index in [9.17, 15) is 0 Å². The molecule has 1 unspecified atom stereocenters. The first-order valence-electron chi connectivity index (χ1n) is 5.98. The molecule has 0 fully saturated rings. The lowest BCUT2D eigenvalue weighted by Gasteiger charge is -2.09. The highest BCUT2D eigenvalue weighted by atomic mass is 35.5. The number of hydrogen-bond acceptors (Lipinski definition) is 2. The smallest absolute Gasteiger partial charge is 0.0406 e. The molecule has 2 aromatic rings. The maximum atomic E-state index is 5.99. The minimum Gasteiger partial charge on any atom is -0.324 e. The third-order valence-electron chi connectivity index (χ3n) is 2.80. The molecule has 1 nitrogen and oxygen atoms in total. The van der Waals surface area contributed by atoms with Gasteiger partial charge in [-0.15, -0.1) is 0 Å². The topological polar surface area (TPSA) is 26.0 Å². The molecule has 2 rings (SSSR count). The standard InChI is InChI=1S/C15H16ClNS/c1-2-15(17)11-3-7-13(8-4-11)18-14-9-5-12(16)6-10-14/h3-10,15H,2,17H2,1H3. The molecule has 3 heteroatoms. The second-order valence-corrected chi connectivity index (χ2v) is 5.72. The Balaban J connectivity index is 2.08. The normalized spacial score (nSPS) is 12.4. The van der Waals surface area contributed by atoms with E-state index in [-0.39, 0.29) is 6.04 Å². The molecule has 0 aliphatic heterocycles. The van der Waals surface area contributed by atoms with Gasteiger partial charge in [-0.2, -0.15) is 0 Å². The first kappa shape index (κ1) is 13.5. The summed E-state index contributed by atoms with van der Waals surface area (Å²) in [4.78, 5) is 2.40. The lowest BCUT2D eigenvalue weighted by atomic mass is 10.1. The molecule has 0 aromatic heterocycles. The van der Waals surface area contributed by atoms with E-state index in [2.05, 4.69) is 31.2 Å². The van der Waals surface area contributed by atoms with Crippen LogP contribution in [0.2, 0.25) is 5.02 Å². The SMILES string of the molecule is CCC(N)c1ccc(Sc2ccc(Cl)cc2)cc1. The molecule has 0 aliphatic rings. The van der Waals surface area contributed by atoms with Crippen molar-refractivity contribution in [2.45, 2.75) is 29.2 Å². The zero-order valence-corrected chi connectivity index (χ0v) is 11.8. The van der Waals surface area contributed by atoms with Crippen molar-refractivity contribution in [2.24, 2.45) is 5.73 Å². The van der Waals surface area contributed by atoms with Gasteiger partial charge in [0.05, 0.1) is 0 Å². The van der Waals surface area contributed by atoms with Crippen LogP contribution in [0.5, 0.6) is 0 Å². The van der Waals surface area contributed by atoms with Gasteiger partial charge in [0, 0.05) is 20.9 Å². The molecule has 0 amide bonds. The largest absolute Gasteiger partial charge is 0.324 e. The number of nitrogens with two attached hydrogens (primary N) is 1. The first-order chi connectivity index (χ1) is 8.69. The van der Waals surface area contributed by atoms with Crippen LogP contribution in [0.3, 0.4) is 0 Å². The lowest BCUT2D eigenvalue weighted by Crippen LogP contribution is -2.07. The van der Waals surface area contributed by atoms with Crippen LogP contribution in [-0.4, -0.2) is 0 Å². The molecule has 0 radical (unpaired) electrons. The van der Waals surface area contributed by atoms with Gasteiger partial charge in [0.2, 0.25) is 0 Å². The van der Waals surface area contributed by atoms with E-state index < -0.39 is 0 Å². The summed E-state index contributed by atoms with van der Waals surface area (Å²) in [5.41, 5.74) is 7.18. The number of hydrogen-bond donors (Lipinski definition) is 1. The predicted molar refractivity (Wildman–Crippen MR) is 79.2 cm³/mol. The summed E-state index contributed by atoms with van der Waals surface area (Å²) in [5.74, 6) is 0. The van der Waals surface area contributed by atoms with Crippen molar-refractivity contribution in [2.75, 3.05) is 0 Å². The first-order valence-corrected chi connectivity index (χ1v) is 7.17. The quantitative estimate of drug-likeness (QED) is 0.860. The van der Waals surface area contributed by atoms with Crippen LogP contribution < -0.4 is 5.73 Å². The summed E-state index contributed by atoms with van der Waals surface area (Å²) in [5, 5.41) is 0.767. The average Bonchev–Trinajstić information content (AvgIpc) is 2.41. The van der Waals surface area contributed by atoms with Gasteiger partial charge in [0.15, 0.2) is 0 Å². The summed E-state index contributed by atoms with van der Waals surface area (Å²) in [6, 6.07) is 16.4. The number of rotatable bonds is 4. The van der Waals surface area contributed by atoms with E-state index in [0.717, 1.165) is 11.4 Å². The molecule has 2 aromatic carbocycles. The monoisotopic (exact) mass is 277 g/mol. The Kier molecular flexibility index (Phi) is 4.70. The molecule has 1 atom stereocenters. The highest BCUT2D eigenvalue weighted by Crippen LogP contribution is 2.29. The van der Waals surface area contributed by atoms with Crippen molar-refractivity contribution in [3.63, 3.8) is 0 Å². The summed E-state index contributed by atoms with van der Waals surface area (Å²) in [7, 11) is 0. The van der Waals surface area contributed by atoms with E-state index in [0.29, 0.717) is 0 Å². The van der Waals surface area contributed by atoms with Crippen LogP contribution in [-0.2, 0) is 0 Å². The van der Waals surface area contributed by atoms with Gasteiger partial charge in [0.25, 0.3) is 0 Å². The zero-order valence-electron chi connectivity index (χ0n) is 10.3. The number of benzene rings is 2. The Bertz CT molecular complexity index is 493. The Morgan fingerprint density at radius 1 is 1.00 bits per heavy atom. The maximum absolute atomic E-state index is 5.99. The number of halogens is 1. The van der Waals surface area contributed by atoms with Crippen LogP contribution in [0, 0.1) is 0 Å². The van der Waals surface area contributed by atoms with Crippen molar-refractivity contribution in [3.8, 4) is 0 Å². The maximum Gasteiger partial charge on any atom is 0.0406 e. The van der Waals surface area contributed by atoms with E-state index in [1.165, 1.54) is 15.4 Å². The van der Waals surface area contributed by atoms with Crippen LogP contribution >= 0.6 is 23.4 Å². The summed E-state index contributed by atoms with van der Waals surface area (Å²) in [6.45, 7) is 2.10. The fourth-order valence-electron chi connectivity index (χ4n) is 1.66. The van der Waals surface area contributed by atoms with Crippen molar-refractivity contribution < 1.29 is 0 Å². The van der Waals surface area contributed by atoms with Gasteiger partial charge in [0.1, 0.15) is 0 Å². The molecule has 18 heavy (non-hydrogen) atoms. The Morgan fingerprint density at radius 3 is 2.00 bits per heavy atom. The molecular weight excluding hydrogens is 262 g/mol. The Morgan fingerprint density at radius 2 is 1.50 bits per heavy atom. The third-order valence-corrected chi connectivity index (χ3v) is 4.07. The minimum absolute atomic E-state index is 0.139. The van der Waals surface area contributed by atoms with Crippen LogP contribution in [0.4, 0.5) is 0 Å². The molecule has 0 heterocycles. The van der Waals surface area contributed by atoms with Gasteiger partial charge in [-0.05, 0) is 48.4 Å². The third kappa shape index (κ3) is 3.52. The van der Waals surface area contributed by atoms with E-state index in [1.807, 2.05) is 24.3 Å². The van der Waals surface area contributed by atoms with E-state index >= 15 is 0 Å². The van der Waals surface area contributed by atoms with Crippen LogP contribution in [0.25, 0.3) is 0 Å². The Labute approximate surface area is 117 Å². The molecule has 2 N–H and O–H groups in total. The van der Waals surface area contributed by atoms with E-state index in [4.69, 9.17) is 17.3 Å². The highest BCUT2D eigenvalue weighted by Gasteiger charge is 2.03. The minimum atomic E-state index is 0.139. The molecule has 0 bridgehead atoms. The second kappa shape index (κ2) is 6.28. The van der Waals surface area contributed by atoms with Gasteiger partial charge >= 0.3 is 0 Å². The van der Waals surface area contributed by atoms with Crippen LogP contribution in [0.1, 0.15) is 24.9 Å².